The second-order valence-electron chi connectivity index (χ2n) is 6.91. The lowest BCUT2D eigenvalue weighted by Crippen LogP contribution is -2.06. The molecule has 0 aliphatic carbocycles. The van der Waals surface area contributed by atoms with E-state index in [9.17, 15) is 0 Å². The van der Waals surface area contributed by atoms with Crippen LogP contribution in [0.4, 0.5) is 0 Å². The van der Waals surface area contributed by atoms with Crippen LogP contribution >= 0.6 is 11.6 Å². The largest absolute Gasteiger partial charge is 0.118 e. The van der Waals surface area contributed by atoms with Gasteiger partial charge in [0.15, 0.2) is 0 Å². The number of hydrogen-bond donors (Lipinski definition) is 0. The number of alkyl halides is 1. The second kappa shape index (κ2) is 6.61. The summed E-state index contributed by atoms with van der Waals surface area (Å²) >= 11 is 6.52. The highest BCUT2D eigenvalue weighted by Crippen LogP contribution is 2.32. The molecule has 0 bridgehead atoms. The van der Waals surface area contributed by atoms with Crippen molar-refractivity contribution in [3.63, 3.8) is 0 Å². The third-order valence-corrected chi connectivity index (χ3v) is 3.57. The first-order valence-corrected chi connectivity index (χ1v) is 7.44. The monoisotopic (exact) mass is 266 g/mol. The lowest BCUT2D eigenvalue weighted by molar-refractivity contribution is 0.363. The Morgan fingerprint density at radius 1 is 1.17 bits per heavy atom. The Labute approximate surface area is 118 Å². The molecule has 0 spiro atoms. The maximum atomic E-state index is 6.52. The highest BCUT2D eigenvalue weighted by Gasteiger charge is 2.15. The molecule has 0 radical (unpaired) electrons. The summed E-state index contributed by atoms with van der Waals surface area (Å²) in [5, 5.41) is 0.149. The summed E-state index contributed by atoms with van der Waals surface area (Å²) in [5.74, 6) is 0.698. The van der Waals surface area contributed by atoms with Gasteiger partial charge in [-0.3, -0.25) is 0 Å². The molecule has 0 aliphatic heterocycles. The molecule has 0 saturated carbocycles. The quantitative estimate of drug-likeness (QED) is 0.574. The van der Waals surface area contributed by atoms with E-state index in [2.05, 4.69) is 58.9 Å². The minimum Gasteiger partial charge on any atom is -0.118 e. The van der Waals surface area contributed by atoms with Crippen LogP contribution in [0.5, 0.6) is 0 Å². The van der Waals surface area contributed by atoms with Crippen molar-refractivity contribution < 1.29 is 0 Å². The average molecular weight is 267 g/mol. The van der Waals surface area contributed by atoms with E-state index in [0.29, 0.717) is 11.3 Å². The predicted molar refractivity (Wildman–Crippen MR) is 82.3 cm³/mol. The van der Waals surface area contributed by atoms with Crippen molar-refractivity contribution >= 4 is 11.6 Å². The summed E-state index contributed by atoms with van der Waals surface area (Å²) in [4.78, 5) is 0. The molecule has 0 nitrogen and oxygen atoms in total. The van der Waals surface area contributed by atoms with E-state index in [1.807, 2.05) is 0 Å². The molecule has 0 N–H and O–H groups in total. The fourth-order valence-corrected chi connectivity index (χ4v) is 2.36. The molecule has 1 unspecified atom stereocenters. The fraction of sp³-hybridized carbons (Fsp3) is 0.647. The number of hydrogen-bond acceptors (Lipinski definition) is 0. The van der Waals surface area contributed by atoms with Gasteiger partial charge in [0.1, 0.15) is 0 Å². The van der Waals surface area contributed by atoms with Gasteiger partial charge in [0.05, 0.1) is 5.38 Å². The Bertz CT molecular complexity index is 360. The molecule has 18 heavy (non-hydrogen) atoms. The van der Waals surface area contributed by atoms with Crippen LogP contribution < -0.4 is 0 Å². The van der Waals surface area contributed by atoms with E-state index in [-0.39, 0.29) is 5.38 Å². The highest BCUT2D eigenvalue weighted by atomic mass is 35.5. The molecule has 1 rings (SSSR count). The first-order valence-electron chi connectivity index (χ1n) is 7.01. The summed E-state index contributed by atoms with van der Waals surface area (Å²) < 4.78 is 0. The maximum absolute atomic E-state index is 6.52. The molecule has 0 aliphatic rings. The SMILES string of the molecule is CC(C)Cc1cccc(C(Cl)CCC(C)(C)C)c1. The zero-order chi connectivity index (χ0) is 13.8. The van der Waals surface area contributed by atoms with E-state index in [1.165, 1.54) is 11.1 Å². The molecule has 0 heterocycles. The Hall–Kier alpha value is -0.490. The van der Waals surface area contributed by atoms with Gasteiger partial charge in [-0.2, -0.15) is 0 Å². The van der Waals surface area contributed by atoms with E-state index in [4.69, 9.17) is 11.6 Å². The van der Waals surface area contributed by atoms with Crippen molar-refractivity contribution in [1.29, 1.82) is 0 Å². The molecule has 1 atom stereocenters. The van der Waals surface area contributed by atoms with Gasteiger partial charge in [0.25, 0.3) is 0 Å². The smallest absolute Gasteiger partial charge is 0.0585 e. The maximum Gasteiger partial charge on any atom is 0.0585 e. The summed E-state index contributed by atoms with van der Waals surface area (Å²) in [5.41, 5.74) is 3.05. The van der Waals surface area contributed by atoms with Crippen molar-refractivity contribution in [3.05, 3.63) is 35.4 Å². The molecule has 1 aromatic rings. The fourth-order valence-electron chi connectivity index (χ4n) is 2.11. The molecule has 1 heteroatoms. The third-order valence-electron chi connectivity index (χ3n) is 3.10. The molecule has 0 aromatic heterocycles. The normalized spacial score (nSPS) is 13.9. The van der Waals surface area contributed by atoms with Gasteiger partial charge in [-0.25, -0.2) is 0 Å². The van der Waals surface area contributed by atoms with Crippen molar-refractivity contribution in [2.24, 2.45) is 11.3 Å². The average Bonchev–Trinajstić information content (AvgIpc) is 2.24. The molecular weight excluding hydrogens is 240 g/mol. The van der Waals surface area contributed by atoms with E-state index < -0.39 is 0 Å². The number of rotatable bonds is 5. The van der Waals surface area contributed by atoms with Gasteiger partial charge in [-0.05, 0) is 41.7 Å². The zero-order valence-corrected chi connectivity index (χ0v) is 13.2. The molecule has 0 amide bonds. The topological polar surface area (TPSA) is 0 Å². The van der Waals surface area contributed by atoms with Crippen LogP contribution in [-0.2, 0) is 6.42 Å². The molecule has 0 fully saturated rings. The first kappa shape index (κ1) is 15.6. The van der Waals surface area contributed by atoms with Crippen molar-refractivity contribution in [2.75, 3.05) is 0 Å². The summed E-state index contributed by atoms with van der Waals surface area (Å²) in [6.07, 6.45) is 3.35. The number of benzene rings is 1. The third kappa shape index (κ3) is 5.91. The molecule has 0 saturated heterocycles. The summed E-state index contributed by atoms with van der Waals surface area (Å²) in [6.45, 7) is 11.3. The summed E-state index contributed by atoms with van der Waals surface area (Å²) in [7, 11) is 0. The van der Waals surface area contributed by atoms with Crippen molar-refractivity contribution in [3.8, 4) is 0 Å². The van der Waals surface area contributed by atoms with Crippen molar-refractivity contribution in [2.45, 2.75) is 59.3 Å². The van der Waals surface area contributed by atoms with Gasteiger partial charge in [-0.1, -0.05) is 58.9 Å². The predicted octanol–water partition coefficient (Wildman–Crippen LogP) is 5.99. The highest BCUT2D eigenvalue weighted by molar-refractivity contribution is 6.20. The van der Waals surface area contributed by atoms with Gasteiger partial charge in [0.2, 0.25) is 0 Å². The van der Waals surface area contributed by atoms with Crippen LogP contribution in [0.3, 0.4) is 0 Å². The minimum absolute atomic E-state index is 0.149. The zero-order valence-electron chi connectivity index (χ0n) is 12.5. The lowest BCUT2D eigenvalue weighted by atomic mass is 9.88. The van der Waals surface area contributed by atoms with E-state index in [1.54, 1.807) is 0 Å². The summed E-state index contributed by atoms with van der Waals surface area (Å²) in [6, 6.07) is 8.78. The van der Waals surface area contributed by atoms with Gasteiger partial charge < -0.3 is 0 Å². The van der Waals surface area contributed by atoms with Crippen LogP contribution in [0.25, 0.3) is 0 Å². The van der Waals surface area contributed by atoms with E-state index >= 15 is 0 Å². The van der Waals surface area contributed by atoms with Gasteiger partial charge in [-0.15, -0.1) is 11.6 Å². The van der Waals surface area contributed by atoms with Gasteiger partial charge in [0, 0.05) is 0 Å². The minimum atomic E-state index is 0.149. The molecule has 102 valence electrons. The van der Waals surface area contributed by atoms with Gasteiger partial charge >= 0.3 is 0 Å². The Kier molecular flexibility index (Phi) is 5.72. The lowest BCUT2D eigenvalue weighted by Gasteiger charge is -2.20. The number of halogens is 1. The Morgan fingerprint density at radius 3 is 2.39 bits per heavy atom. The van der Waals surface area contributed by atoms with Crippen LogP contribution in [0.2, 0.25) is 0 Å². The molecular formula is C17H27Cl. The van der Waals surface area contributed by atoms with Crippen LogP contribution in [-0.4, -0.2) is 0 Å². The Morgan fingerprint density at radius 2 is 1.83 bits per heavy atom. The van der Waals surface area contributed by atoms with Crippen LogP contribution in [0, 0.1) is 11.3 Å². The Balaban J connectivity index is 2.65. The van der Waals surface area contributed by atoms with Crippen LogP contribution in [0.1, 0.15) is 64.0 Å². The first-order chi connectivity index (χ1) is 8.28. The van der Waals surface area contributed by atoms with Crippen molar-refractivity contribution in [1.82, 2.24) is 0 Å². The second-order valence-corrected chi connectivity index (χ2v) is 7.44. The standard InChI is InChI=1S/C17H27Cl/c1-13(2)11-14-7-6-8-15(12-14)16(18)9-10-17(3,4)5/h6-8,12-13,16H,9-11H2,1-5H3. The van der Waals surface area contributed by atoms with Crippen LogP contribution in [0.15, 0.2) is 24.3 Å². The molecule has 1 aromatic carbocycles. The van der Waals surface area contributed by atoms with E-state index in [0.717, 1.165) is 19.3 Å².